The van der Waals surface area contributed by atoms with Crippen LogP contribution in [-0.2, 0) is 11.3 Å². The summed E-state index contributed by atoms with van der Waals surface area (Å²) in [5.74, 6) is 1.40. The van der Waals surface area contributed by atoms with Gasteiger partial charge < -0.3 is 20.5 Å². The Balaban J connectivity index is 0.00000288. The van der Waals surface area contributed by atoms with E-state index in [0.29, 0.717) is 12.5 Å². The second kappa shape index (κ2) is 11.5. The predicted molar refractivity (Wildman–Crippen MR) is 108 cm³/mol. The summed E-state index contributed by atoms with van der Waals surface area (Å²) in [5, 5.41) is 3.17. The Morgan fingerprint density at radius 1 is 1.38 bits per heavy atom. The van der Waals surface area contributed by atoms with E-state index in [1.807, 2.05) is 19.1 Å². The lowest BCUT2D eigenvalue weighted by Gasteiger charge is -2.26. The first-order valence-electron chi connectivity index (χ1n) is 8.16. The fourth-order valence-corrected chi connectivity index (χ4v) is 2.62. The molecule has 3 N–H and O–H groups in total. The summed E-state index contributed by atoms with van der Waals surface area (Å²) in [6.07, 6.45) is 1.05. The molecule has 6 nitrogen and oxygen atoms in total. The van der Waals surface area contributed by atoms with Crippen LogP contribution in [0.2, 0.25) is 0 Å². The van der Waals surface area contributed by atoms with E-state index >= 15 is 0 Å². The Morgan fingerprint density at radius 3 is 2.79 bits per heavy atom. The van der Waals surface area contributed by atoms with E-state index in [2.05, 4.69) is 21.3 Å². The van der Waals surface area contributed by atoms with Gasteiger partial charge in [-0.15, -0.1) is 24.0 Å². The van der Waals surface area contributed by atoms with Crippen LogP contribution < -0.4 is 15.8 Å². The highest BCUT2D eigenvalue weighted by Gasteiger charge is 2.09. The van der Waals surface area contributed by atoms with E-state index < -0.39 is 0 Å². The molecule has 1 aromatic carbocycles. The molecule has 1 aliphatic rings. The molecule has 0 spiro atoms. The van der Waals surface area contributed by atoms with Gasteiger partial charge in [0.1, 0.15) is 5.75 Å². The van der Waals surface area contributed by atoms with Crippen LogP contribution in [0.3, 0.4) is 0 Å². The van der Waals surface area contributed by atoms with Gasteiger partial charge in [-0.2, -0.15) is 0 Å². The Labute approximate surface area is 161 Å². The number of nitrogens with two attached hydrogens (primary N) is 1. The number of hydrogen-bond acceptors (Lipinski definition) is 4. The third-order valence-corrected chi connectivity index (χ3v) is 3.95. The number of benzene rings is 1. The fourth-order valence-electron chi connectivity index (χ4n) is 2.62. The summed E-state index contributed by atoms with van der Waals surface area (Å²) in [6, 6.07) is 6.06. The number of nitrogens with one attached hydrogen (secondary N) is 1. The smallest absolute Gasteiger partial charge is 0.188 e. The zero-order chi connectivity index (χ0) is 16.5. The highest BCUT2D eigenvalue weighted by atomic mass is 127. The van der Waals surface area contributed by atoms with Crippen molar-refractivity contribution in [3.05, 3.63) is 29.3 Å². The number of halogens is 1. The largest absolute Gasteiger partial charge is 0.496 e. The molecule has 0 aromatic heterocycles. The third-order valence-electron chi connectivity index (χ3n) is 3.95. The van der Waals surface area contributed by atoms with E-state index in [9.17, 15) is 0 Å². The number of ether oxygens (including phenoxy) is 2. The number of hydrogen-bond donors (Lipinski definition) is 2. The van der Waals surface area contributed by atoms with Crippen molar-refractivity contribution in [3.8, 4) is 5.75 Å². The van der Waals surface area contributed by atoms with Gasteiger partial charge in [0.2, 0.25) is 0 Å². The molecule has 136 valence electrons. The Morgan fingerprint density at radius 2 is 2.12 bits per heavy atom. The SMILES string of the molecule is COc1ccc(CN=C(N)NCCCN2CCOCC2)cc1C.I. The monoisotopic (exact) mass is 448 g/mol. The topological polar surface area (TPSA) is 72.1 Å². The molecule has 0 bridgehead atoms. The van der Waals surface area contributed by atoms with E-state index in [1.165, 1.54) is 0 Å². The normalized spacial score (nSPS) is 15.7. The maximum atomic E-state index is 5.92. The quantitative estimate of drug-likeness (QED) is 0.288. The molecule has 1 aromatic rings. The first-order chi connectivity index (χ1) is 11.2. The van der Waals surface area contributed by atoms with Gasteiger partial charge in [0, 0.05) is 19.6 Å². The molecule has 0 amide bonds. The van der Waals surface area contributed by atoms with Crippen molar-refractivity contribution >= 4 is 29.9 Å². The molecular weight excluding hydrogens is 419 g/mol. The number of morpholine rings is 1. The highest BCUT2D eigenvalue weighted by molar-refractivity contribution is 14.0. The van der Waals surface area contributed by atoms with Gasteiger partial charge in [0.05, 0.1) is 26.9 Å². The first kappa shape index (κ1) is 21.0. The van der Waals surface area contributed by atoms with Crippen molar-refractivity contribution in [2.24, 2.45) is 10.7 Å². The van der Waals surface area contributed by atoms with Crippen molar-refractivity contribution in [2.45, 2.75) is 19.9 Å². The predicted octanol–water partition coefficient (Wildman–Crippen LogP) is 1.75. The minimum absolute atomic E-state index is 0. The second-order valence-corrected chi connectivity index (χ2v) is 5.74. The Kier molecular flexibility index (Phi) is 10.0. The molecule has 1 saturated heterocycles. The number of aliphatic imine (C=N–C) groups is 1. The van der Waals surface area contributed by atoms with Crippen LogP contribution in [0, 0.1) is 6.92 Å². The van der Waals surface area contributed by atoms with Crippen molar-refractivity contribution in [3.63, 3.8) is 0 Å². The minimum Gasteiger partial charge on any atom is -0.496 e. The summed E-state index contributed by atoms with van der Waals surface area (Å²) in [6.45, 7) is 8.26. The zero-order valence-electron chi connectivity index (χ0n) is 14.6. The highest BCUT2D eigenvalue weighted by Crippen LogP contribution is 2.18. The Hall–Kier alpha value is -1.06. The van der Waals surface area contributed by atoms with Crippen LogP contribution in [-0.4, -0.2) is 57.4 Å². The van der Waals surface area contributed by atoms with Crippen LogP contribution >= 0.6 is 24.0 Å². The van der Waals surface area contributed by atoms with Gasteiger partial charge in [-0.25, -0.2) is 4.99 Å². The number of nitrogens with zero attached hydrogens (tertiary/aromatic N) is 2. The van der Waals surface area contributed by atoms with Crippen LogP contribution in [0.1, 0.15) is 17.5 Å². The van der Waals surface area contributed by atoms with E-state index in [-0.39, 0.29) is 24.0 Å². The summed E-state index contributed by atoms with van der Waals surface area (Å²) in [5.41, 5.74) is 8.15. The maximum Gasteiger partial charge on any atom is 0.188 e. The summed E-state index contributed by atoms with van der Waals surface area (Å²) >= 11 is 0. The van der Waals surface area contributed by atoms with Gasteiger partial charge in [-0.3, -0.25) is 4.90 Å². The van der Waals surface area contributed by atoms with Crippen LogP contribution in [0.25, 0.3) is 0 Å². The van der Waals surface area contributed by atoms with Crippen molar-refractivity contribution < 1.29 is 9.47 Å². The van der Waals surface area contributed by atoms with E-state index in [4.69, 9.17) is 15.2 Å². The molecule has 7 heteroatoms. The van der Waals surface area contributed by atoms with E-state index in [0.717, 1.165) is 62.7 Å². The van der Waals surface area contributed by atoms with Gasteiger partial charge in [-0.1, -0.05) is 12.1 Å². The number of rotatable bonds is 7. The maximum absolute atomic E-state index is 5.92. The second-order valence-electron chi connectivity index (χ2n) is 5.74. The van der Waals surface area contributed by atoms with Gasteiger partial charge >= 0.3 is 0 Å². The lowest BCUT2D eigenvalue weighted by Crippen LogP contribution is -2.39. The lowest BCUT2D eigenvalue weighted by molar-refractivity contribution is 0.0376. The summed E-state index contributed by atoms with van der Waals surface area (Å²) in [7, 11) is 1.68. The molecule has 2 rings (SSSR count). The zero-order valence-corrected chi connectivity index (χ0v) is 16.9. The van der Waals surface area contributed by atoms with Gasteiger partial charge in [-0.05, 0) is 37.1 Å². The number of guanidine groups is 1. The van der Waals surface area contributed by atoms with Crippen LogP contribution in [0.15, 0.2) is 23.2 Å². The molecule has 1 fully saturated rings. The molecule has 24 heavy (non-hydrogen) atoms. The molecule has 0 atom stereocenters. The number of aryl methyl sites for hydroxylation is 1. The summed E-state index contributed by atoms with van der Waals surface area (Å²) in [4.78, 5) is 6.80. The molecule has 1 aliphatic heterocycles. The van der Waals surface area contributed by atoms with Crippen molar-refractivity contribution in [1.29, 1.82) is 0 Å². The van der Waals surface area contributed by atoms with Crippen LogP contribution in [0.4, 0.5) is 0 Å². The minimum atomic E-state index is 0. The average molecular weight is 448 g/mol. The third kappa shape index (κ3) is 7.23. The average Bonchev–Trinajstić information content (AvgIpc) is 2.58. The Bertz CT molecular complexity index is 519. The fraction of sp³-hybridized carbons (Fsp3) is 0.588. The van der Waals surface area contributed by atoms with Crippen molar-refractivity contribution in [2.75, 3.05) is 46.5 Å². The van der Waals surface area contributed by atoms with Gasteiger partial charge in [0.25, 0.3) is 0 Å². The van der Waals surface area contributed by atoms with E-state index in [1.54, 1.807) is 7.11 Å². The standard InChI is InChI=1S/C17H28N4O2.HI/c1-14-12-15(4-5-16(14)22-2)13-20-17(18)19-6-3-7-21-8-10-23-11-9-21;/h4-5,12H,3,6-11,13H2,1-2H3,(H3,18,19,20);1H. The van der Waals surface area contributed by atoms with Crippen molar-refractivity contribution in [1.82, 2.24) is 10.2 Å². The molecule has 1 heterocycles. The molecule has 0 radical (unpaired) electrons. The van der Waals surface area contributed by atoms with Gasteiger partial charge in [0.15, 0.2) is 5.96 Å². The molecular formula is C17H29IN4O2. The number of methoxy groups -OCH3 is 1. The van der Waals surface area contributed by atoms with Crippen LogP contribution in [0.5, 0.6) is 5.75 Å². The summed E-state index contributed by atoms with van der Waals surface area (Å²) < 4.78 is 10.6. The molecule has 0 unspecified atom stereocenters. The molecule has 0 saturated carbocycles. The lowest BCUT2D eigenvalue weighted by atomic mass is 10.1. The first-order valence-corrected chi connectivity index (χ1v) is 8.16. The molecule has 0 aliphatic carbocycles.